The van der Waals surface area contributed by atoms with Crippen LogP contribution in [-0.2, 0) is 0 Å². The number of hydrogen-bond donors (Lipinski definition) is 0. The van der Waals surface area contributed by atoms with Gasteiger partial charge in [-0.3, -0.25) is 0 Å². The van der Waals surface area contributed by atoms with Crippen LogP contribution in [0.5, 0.6) is 11.5 Å². The van der Waals surface area contributed by atoms with Gasteiger partial charge in [-0.25, -0.2) is 0 Å². The maximum atomic E-state index is 6.15. The molecule has 104 valence electrons. The van der Waals surface area contributed by atoms with Gasteiger partial charge in [0.05, 0.1) is 10.7 Å². The number of rotatable bonds is 3. The molecule has 3 rings (SSSR count). The van der Waals surface area contributed by atoms with E-state index in [1.165, 1.54) is 12.8 Å². The van der Waals surface area contributed by atoms with Gasteiger partial charge in [0.2, 0.25) is 0 Å². The normalized spacial score (nSPS) is 14.6. The van der Waals surface area contributed by atoms with Crippen molar-refractivity contribution in [2.75, 3.05) is 18.0 Å². The van der Waals surface area contributed by atoms with Crippen LogP contribution in [0.4, 0.5) is 5.69 Å². The van der Waals surface area contributed by atoms with Crippen molar-refractivity contribution in [2.24, 2.45) is 0 Å². The quantitative estimate of drug-likeness (QED) is 0.754. The van der Waals surface area contributed by atoms with Gasteiger partial charge in [-0.1, -0.05) is 35.3 Å². The molecule has 2 aromatic carbocycles. The van der Waals surface area contributed by atoms with Crippen molar-refractivity contribution in [3.63, 3.8) is 0 Å². The van der Waals surface area contributed by atoms with Crippen molar-refractivity contribution in [2.45, 2.75) is 12.8 Å². The van der Waals surface area contributed by atoms with E-state index in [0.29, 0.717) is 10.8 Å². The summed E-state index contributed by atoms with van der Waals surface area (Å²) in [5.74, 6) is 1.46. The van der Waals surface area contributed by atoms with Crippen molar-refractivity contribution in [1.29, 1.82) is 0 Å². The second-order valence-electron chi connectivity index (χ2n) is 4.84. The summed E-state index contributed by atoms with van der Waals surface area (Å²) in [6.07, 6.45) is 2.41. The smallest absolute Gasteiger partial charge is 0.150 e. The van der Waals surface area contributed by atoms with Gasteiger partial charge in [-0.15, -0.1) is 0 Å². The van der Waals surface area contributed by atoms with Gasteiger partial charge in [0.25, 0.3) is 0 Å². The van der Waals surface area contributed by atoms with Crippen LogP contribution < -0.4 is 9.64 Å². The number of nitrogens with zero attached hydrogens (tertiary/aromatic N) is 1. The number of ether oxygens (including phenoxy) is 1. The first-order valence-electron chi connectivity index (χ1n) is 6.71. The molecule has 0 saturated carbocycles. The van der Waals surface area contributed by atoms with Crippen LogP contribution in [0.15, 0.2) is 42.5 Å². The first-order valence-corrected chi connectivity index (χ1v) is 7.46. The van der Waals surface area contributed by atoms with Gasteiger partial charge in [-0.05, 0) is 43.2 Å². The molecular formula is C16H15Cl2NO. The van der Waals surface area contributed by atoms with E-state index in [-0.39, 0.29) is 0 Å². The highest BCUT2D eigenvalue weighted by Gasteiger charge is 2.18. The van der Waals surface area contributed by atoms with Gasteiger partial charge in [0.15, 0.2) is 5.75 Å². The summed E-state index contributed by atoms with van der Waals surface area (Å²) in [5, 5.41) is 1.33. The first kappa shape index (κ1) is 13.6. The zero-order chi connectivity index (χ0) is 13.9. The second kappa shape index (κ2) is 5.94. The summed E-state index contributed by atoms with van der Waals surface area (Å²) in [7, 11) is 0. The van der Waals surface area contributed by atoms with Crippen molar-refractivity contribution in [3.8, 4) is 11.5 Å². The minimum absolute atomic E-state index is 0.606. The van der Waals surface area contributed by atoms with E-state index >= 15 is 0 Å². The van der Waals surface area contributed by atoms with E-state index < -0.39 is 0 Å². The van der Waals surface area contributed by atoms with Gasteiger partial charge < -0.3 is 9.64 Å². The Morgan fingerprint density at radius 1 is 0.900 bits per heavy atom. The molecular weight excluding hydrogens is 293 g/mol. The van der Waals surface area contributed by atoms with Crippen molar-refractivity contribution in [3.05, 3.63) is 52.5 Å². The molecule has 0 unspecified atom stereocenters. The molecule has 1 aliphatic heterocycles. The zero-order valence-corrected chi connectivity index (χ0v) is 12.5. The lowest BCUT2D eigenvalue weighted by molar-refractivity contribution is 0.482. The van der Waals surface area contributed by atoms with Gasteiger partial charge in [0, 0.05) is 18.1 Å². The third-order valence-corrected chi connectivity index (χ3v) is 3.97. The predicted octanol–water partition coefficient (Wildman–Crippen LogP) is 5.39. The fourth-order valence-electron chi connectivity index (χ4n) is 2.43. The molecule has 2 aromatic rings. The van der Waals surface area contributed by atoms with Crippen molar-refractivity contribution >= 4 is 28.9 Å². The summed E-state index contributed by atoms with van der Waals surface area (Å²) < 4.78 is 5.98. The van der Waals surface area contributed by atoms with Crippen LogP contribution >= 0.6 is 23.2 Å². The maximum absolute atomic E-state index is 6.15. The van der Waals surface area contributed by atoms with Crippen LogP contribution in [0.1, 0.15) is 12.8 Å². The average molecular weight is 308 g/mol. The molecule has 2 nitrogen and oxygen atoms in total. The first-order chi connectivity index (χ1) is 9.74. The molecule has 1 aliphatic rings. The highest BCUT2D eigenvalue weighted by Crippen LogP contribution is 2.38. The monoisotopic (exact) mass is 307 g/mol. The molecule has 20 heavy (non-hydrogen) atoms. The van der Waals surface area contributed by atoms with Gasteiger partial charge >= 0.3 is 0 Å². The summed E-state index contributed by atoms with van der Waals surface area (Å²) in [6.45, 7) is 2.08. The lowest BCUT2D eigenvalue weighted by Gasteiger charge is -2.21. The zero-order valence-electron chi connectivity index (χ0n) is 11.0. The van der Waals surface area contributed by atoms with E-state index in [9.17, 15) is 0 Å². The molecule has 0 bridgehead atoms. The molecule has 0 radical (unpaired) electrons. The summed E-state index contributed by atoms with van der Waals surface area (Å²) >= 11 is 12.3. The maximum Gasteiger partial charge on any atom is 0.150 e. The van der Waals surface area contributed by atoms with E-state index in [1.807, 2.05) is 42.5 Å². The molecule has 0 aromatic heterocycles. The van der Waals surface area contributed by atoms with Gasteiger partial charge in [-0.2, -0.15) is 0 Å². The molecule has 0 spiro atoms. The Bertz CT molecular complexity index is 609. The van der Waals surface area contributed by atoms with Crippen LogP contribution in [0.2, 0.25) is 10.0 Å². The highest BCUT2D eigenvalue weighted by molar-refractivity contribution is 6.32. The number of para-hydroxylation sites is 1. The standard InChI is InChI=1S/C16H15Cl2NO/c17-12-7-8-16(14(11-12)19-9-3-4-10-19)20-15-6-2-1-5-13(15)18/h1-2,5-8,11H,3-4,9-10H2. The highest BCUT2D eigenvalue weighted by atomic mass is 35.5. The van der Waals surface area contributed by atoms with Crippen LogP contribution in [0.3, 0.4) is 0 Å². The minimum Gasteiger partial charge on any atom is -0.454 e. The predicted molar refractivity (Wildman–Crippen MR) is 84.4 cm³/mol. The third kappa shape index (κ3) is 2.87. The summed E-state index contributed by atoms with van der Waals surface area (Å²) in [5.41, 5.74) is 1.04. The number of hydrogen-bond acceptors (Lipinski definition) is 2. The Hall–Kier alpha value is -1.38. The lowest BCUT2D eigenvalue weighted by Crippen LogP contribution is -2.18. The Labute approximate surface area is 128 Å². The topological polar surface area (TPSA) is 12.5 Å². The Morgan fingerprint density at radius 2 is 1.65 bits per heavy atom. The molecule has 1 saturated heterocycles. The summed E-state index contributed by atoms with van der Waals surface area (Å²) in [4.78, 5) is 2.30. The summed E-state index contributed by atoms with van der Waals surface area (Å²) in [6, 6.07) is 13.2. The third-order valence-electron chi connectivity index (χ3n) is 3.42. The lowest BCUT2D eigenvalue weighted by atomic mass is 10.2. The fraction of sp³-hybridized carbons (Fsp3) is 0.250. The Morgan fingerprint density at radius 3 is 2.40 bits per heavy atom. The molecule has 0 atom stereocenters. The largest absolute Gasteiger partial charge is 0.454 e. The van der Waals surface area contributed by atoms with E-state index in [1.54, 1.807) is 0 Å². The van der Waals surface area contributed by atoms with Crippen molar-refractivity contribution in [1.82, 2.24) is 0 Å². The minimum atomic E-state index is 0.606. The molecule has 0 N–H and O–H groups in total. The van der Waals surface area contributed by atoms with Crippen LogP contribution in [0, 0.1) is 0 Å². The van der Waals surface area contributed by atoms with Crippen LogP contribution in [-0.4, -0.2) is 13.1 Å². The SMILES string of the molecule is Clc1ccc(Oc2ccccc2Cl)c(N2CCCC2)c1. The van der Waals surface area contributed by atoms with Crippen LogP contribution in [0.25, 0.3) is 0 Å². The average Bonchev–Trinajstić information content (AvgIpc) is 2.97. The molecule has 0 aliphatic carbocycles. The van der Waals surface area contributed by atoms with E-state index in [4.69, 9.17) is 27.9 Å². The van der Waals surface area contributed by atoms with Crippen molar-refractivity contribution < 1.29 is 4.74 Å². The second-order valence-corrected chi connectivity index (χ2v) is 5.68. The number of anilines is 1. The Kier molecular flexibility index (Phi) is 4.04. The van der Waals surface area contributed by atoms with E-state index in [0.717, 1.165) is 29.5 Å². The number of halogens is 2. The van der Waals surface area contributed by atoms with E-state index in [2.05, 4.69) is 4.90 Å². The molecule has 4 heteroatoms. The van der Waals surface area contributed by atoms with Gasteiger partial charge in [0.1, 0.15) is 5.75 Å². The molecule has 1 heterocycles. The molecule has 0 amide bonds. The number of benzene rings is 2. The molecule has 1 fully saturated rings. The fourth-order valence-corrected chi connectivity index (χ4v) is 2.77. The Balaban J connectivity index is 1.94.